The molecule has 5 rings (SSSR count). The Labute approximate surface area is 220 Å². The Bertz CT molecular complexity index is 1440. The number of rotatable bonds is 9. The molecule has 1 aromatic carbocycles. The summed E-state index contributed by atoms with van der Waals surface area (Å²) in [5, 5.41) is 7.70. The molecule has 3 aromatic heterocycles. The van der Waals surface area contributed by atoms with Crippen LogP contribution in [-0.4, -0.2) is 50.0 Å². The number of hydrogen-bond donors (Lipinski definition) is 2. The Morgan fingerprint density at radius 2 is 1.97 bits per heavy atom. The molecule has 1 fully saturated rings. The first-order chi connectivity index (χ1) is 18.1. The normalized spacial score (nSPS) is 14.1. The number of allylic oxidation sites excluding steroid dienone is 1. The van der Waals surface area contributed by atoms with E-state index < -0.39 is 0 Å². The minimum absolute atomic E-state index is 0.191. The third-order valence-corrected chi connectivity index (χ3v) is 6.77. The molecule has 0 radical (unpaired) electrons. The number of aromatic nitrogens is 5. The highest BCUT2D eigenvalue weighted by Crippen LogP contribution is 2.24. The molecule has 0 bridgehead atoms. The average molecular weight is 519 g/mol. The second-order valence-electron chi connectivity index (χ2n) is 9.08. The van der Waals surface area contributed by atoms with Gasteiger partial charge < -0.3 is 15.5 Å². The monoisotopic (exact) mass is 518 g/mol. The number of anilines is 3. The van der Waals surface area contributed by atoms with Gasteiger partial charge in [0.15, 0.2) is 11.5 Å². The lowest BCUT2D eigenvalue weighted by molar-refractivity contribution is 0.427. The van der Waals surface area contributed by atoms with Crippen molar-refractivity contribution in [3.8, 4) is 5.82 Å². The number of fused-ring (bicyclic) bond motifs is 1. The van der Waals surface area contributed by atoms with Gasteiger partial charge in [0.25, 0.3) is 5.56 Å². The lowest BCUT2D eigenvalue weighted by Gasteiger charge is -2.35. The summed E-state index contributed by atoms with van der Waals surface area (Å²) in [6.07, 6.45) is 6.43. The van der Waals surface area contributed by atoms with Crippen LogP contribution in [-0.2, 0) is 6.54 Å². The van der Waals surface area contributed by atoms with Crippen molar-refractivity contribution in [1.82, 2.24) is 29.6 Å². The third-order valence-electron chi connectivity index (χ3n) is 6.52. The zero-order chi connectivity index (χ0) is 25.8. The Balaban J connectivity index is 1.59. The lowest BCUT2D eigenvalue weighted by Crippen LogP contribution is -2.44. The number of nitrogens with zero attached hydrogens (tertiary/aromatic N) is 6. The van der Waals surface area contributed by atoms with Crippen molar-refractivity contribution in [3.05, 3.63) is 76.7 Å². The van der Waals surface area contributed by atoms with E-state index in [1.54, 1.807) is 33.8 Å². The van der Waals surface area contributed by atoms with Gasteiger partial charge in [-0.05, 0) is 68.8 Å². The van der Waals surface area contributed by atoms with Gasteiger partial charge in [0.2, 0.25) is 5.95 Å². The van der Waals surface area contributed by atoms with Crippen LogP contribution in [0.15, 0.2) is 66.1 Å². The van der Waals surface area contributed by atoms with E-state index in [0.717, 1.165) is 50.4 Å². The first kappa shape index (κ1) is 25.0. The molecule has 1 saturated heterocycles. The van der Waals surface area contributed by atoms with E-state index in [9.17, 15) is 4.79 Å². The Morgan fingerprint density at radius 3 is 2.70 bits per heavy atom. The van der Waals surface area contributed by atoms with Gasteiger partial charge in [-0.1, -0.05) is 30.7 Å². The van der Waals surface area contributed by atoms with Gasteiger partial charge in [-0.25, -0.2) is 19.3 Å². The zero-order valence-electron chi connectivity index (χ0n) is 20.9. The zero-order valence-corrected chi connectivity index (χ0v) is 21.7. The van der Waals surface area contributed by atoms with Crippen LogP contribution in [0.25, 0.3) is 16.9 Å². The SMILES string of the molecule is C=CCn1c(=O)c2cnc(Nc3ccc(Cl)cc3)nc2n1-c1cccc(N(CCC)C2CCNCC2)n1. The van der Waals surface area contributed by atoms with E-state index in [1.165, 1.54) is 0 Å². The molecule has 4 aromatic rings. The molecule has 1 aliphatic rings. The molecule has 0 saturated carbocycles. The molecular formula is C27H31ClN8O. The molecule has 0 atom stereocenters. The van der Waals surface area contributed by atoms with Crippen LogP contribution in [0.5, 0.6) is 0 Å². The summed E-state index contributed by atoms with van der Waals surface area (Å²) in [7, 11) is 0. The first-order valence-corrected chi connectivity index (χ1v) is 13.0. The van der Waals surface area contributed by atoms with Gasteiger partial charge in [0, 0.05) is 29.5 Å². The topological polar surface area (TPSA) is 92.9 Å². The molecule has 0 amide bonds. The highest BCUT2D eigenvalue weighted by atomic mass is 35.5. The van der Waals surface area contributed by atoms with E-state index in [0.29, 0.717) is 40.4 Å². The molecule has 2 N–H and O–H groups in total. The summed E-state index contributed by atoms with van der Waals surface area (Å²) in [6, 6.07) is 13.6. The van der Waals surface area contributed by atoms with Crippen molar-refractivity contribution in [1.29, 1.82) is 0 Å². The van der Waals surface area contributed by atoms with Crippen LogP contribution in [0.1, 0.15) is 26.2 Å². The standard InChI is InChI=1S/C27H31ClN8O/c1-3-16-34(21-12-14-29-15-13-21)23-6-5-7-24(32-23)36-25-22(26(37)35(36)17-4-2)18-30-27(33-25)31-20-10-8-19(28)9-11-20/h4-11,18,21,29H,2-3,12-17H2,1H3,(H,30,31,33). The predicted molar refractivity (Wildman–Crippen MR) is 149 cm³/mol. The maximum atomic E-state index is 13.3. The molecule has 37 heavy (non-hydrogen) atoms. The number of piperidine rings is 1. The number of pyridine rings is 1. The van der Waals surface area contributed by atoms with E-state index >= 15 is 0 Å². The minimum atomic E-state index is -0.191. The van der Waals surface area contributed by atoms with E-state index in [-0.39, 0.29) is 5.56 Å². The summed E-state index contributed by atoms with van der Waals surface area (Å²) in [5.74, 6) is 1.90. The molecule has 0 spiro atoms. The smallest absolute Gasteiger partial charge is 0.278 e. The van der Waals surface area contributed by atoms with Crippen molar-refractivity contribution in [2.24, 2.45) is 0 Å². The van der Waals surface area contributed by atoms with Crippen LogP contribution < -0.4 is 21.1 Å². The van der Waals surface area contributed by atoms with Crippen molar-refractivity contribution in [3.63, 3.8) is 0 Å². The summed E-state index contributed by atoms with van der Waals surface area (Å²) in [6.45, 7) is 9.28. The second-order valence-corrected chi connectivity index (χ2v) is 9.52. The van der Waals surface area contributed by atoms with Gasteiger partial charge in [0.05, 0.1) is 6.54 Å². The van der Waals surface area contributed by atoms with Crippen LogP contribution >= 0.6 is 11.6 Å². The predicted octanol–water partition coefficient (Wildman–Crippen LogP) is 4.53. The quantitative estimate of drug-likeness (QED) is 0.314. The fraction of sp³-hybridized carbons (Fsp3) is 0.333. The molecule has 9 nitrogen and oxygen atoms in total. The highest BCUT2D eigenvalue weighted by Gasteiger charge is 2.23. The van der Waals surface area contributed by atoms with E-state index in [1.807, 2.05) is 30.3 Å². The van der Waals surface area contributed by atoms with Crippen LogP contribution in [0, 0.1) is 0 Å². The molecule has 192 valence electrons. The van der Waals surface area contributed by atoms with E-state index in [4.69, 9.17) is 21.6 Å². The second kappa shape index (κ2) is 11.1. The third kappa shape index (κ3) is 5.23. The molecule has 4 heterocycles. The van der Waals surface area contributed by atoms with E-state index in [2.05, 4.69) is 34.0 Å². The van der Waals surface area contributed by atoms with Gasteiger partial charge in [0.1, 0.15) is 11.2 Å². The fourth-order valence-electron chi connectivity index (χ4n) is 4.80. The average Bonchev–Trinajstić information content (AvgIpc) is 3.20. The van der Waals surface area contributed by atoms with Gasteiger partial charge in [-0.15, -0.1) is 6.58 Å². The number of benzene rings is 1. The van der Waals surface area contributed by atoms with Crippen molar-refractivity contribution >= 4 is 40.1 Å². The molecular weight excluding hydrogens is 488 g/mol. The number of nitrogens with one attached hydrogen (secondary N) is 2. The minimum Gasteiger partial charge on any atom is -0.353 e. The molecule has 0 unspecified atom stereocenters. The summed E-state index contributed by atoms with van der Waals surface area (Å²) >= 11 is 6.01. The summed E-state index contributed by atoms with van der Waals surface area (Å²) < 4.78 is 3.36. The highest BCUT2D eigenvalue weighted by molar-refractivity contribution is 6.30. The fourth-order valence-corrected chi connectivity index (χ4v) is 4.93. The Morgan fingerprint density at radius 1 is 1.19 bits per heavy atom. The maximum Gasteiger partial charge on any atom is 0.278 e. The number of halogens is 1. The molecule has 0 aliphatic carbocycles. The van der Waals surface area contributed by atoms with Crippen LogP contribution in [0.4, 0.5) is 17.5 Å². The summed E-state index contributed by atoms with van der Waals surface area (Å²) in [4.78, 5) is 29.9. The van der Waals surface area contributed by atoms with Crippen molar-refractivity contribution in [2.45, 2.75) is 38.8 Å². The maximum absolute atomic E-state index is 13.3. The number of hydrogen-bond acceptors (Lipinski definition) is 7. The lowest BCUT2D eigenvalue weighted by atomic mass is 10.0. The van der Waals surface area contributed by atoms with Gasteiger partial charge in [-0.2, -0.15) is 4.98 Å². The van der Waals surface area contributed by atoms with Gasteiger partial charge in [-0.3, -0.25) is 4.79 Å². The first-order valence-electron chi connectivity index (χ1n) is 12.7. The van der Waals surface area contributed by atoms with Crippen LogP contribution in [0.2, 0.25) is 5.02 Å². The molecule has 1 aliphatic heterocycles. The largest absolute Gasteiger partial charge is 0.353 e. The summed E-state index contributed by atoms with van der Waals surface area (Å²) in [5.41, 5.74) is 1.08. The van der Waals surface area contributed by atoms with Gasteiger partial charge >= 0.3 is 0 Å². The molecule has 10 heteroatoms. The van der Waals surface area contributed by atoms with Crippen molar-refractivity contribution in [2.75, 3.05) is 29.9 Å². The van der Waals surface area contributed by atoms with Crippen LogP contribution in [0.3, 0.4) is 0 Å². The van der Waals surface area contributed by atoms with Crippen molar-refractivity contribution < 1.29 is 0 Å². The Kier molecular flexibility index (Phi) is 7.52. The Hall–Kier alpha value is -3.69.